The Labute approximate surface area is 132 Å². The third-order valence-corrected chi connectivity index (χ3v) is 4.35. The van der Waals surface area contributed by atoms with Crippen LogP contribution in [0.5, 0.6) is 0 Å². The van der Waals surface area contributed by atoms with Crippen molar-refractivity contribution >= 4 is 28.8 Å². The van der Waals surface area contributed by atoms with Crippen LogP contribution in [-0.2, 0) is 0 Å². The Morgan fingerprint density at radius 2 is 2.24 bits per heavy atom. The molecule has 1 amide bonds. The van der Waals surface area contributed by atoms with Gasteiger partial charge in [-0.2, -0.15) is 0 Å². The summed E-state index contributed by atoms with van der Waals surface area (Å²) in [5.74, 6) is -0.218. The average molecular weight is 325 g/mol. The third kappa shape index (κ3) is 4.03. The lowest BCUT2D eigenvalue weighted by Crippen LogP contribution is -2.35. The summed E-state index contributed by atoms with van der Waals surface area (Å²) in [6, 6.07) is 7.38. The summed E-state index contributed by atoms with van der Waals surface area (Å²) in [5.41, 5.74) is 1.21. The smallest absolute Gasteiger partial charge is 0.270 e. The molecule has 4 nitrogen and oxygen atoms in total. The SMILES string of the molecule is CCC(CCO)NC(=O)c1csc(-c2ccccc2Cl)n1. The summed E-state index contributed by atoms with van der Waals surface area (Å²) in [4.78, 5) is 16.5. The molecule has 0 aliphatic heterocycles. The van der Waals surface area contributed by atoms with E-state index in [1.165, 1.54) is 11.3 Å². The second kappa shape index (κ2) is 7.54. The number of carbonyl (C=O) groups excluding carboxylic acids is 1. The first-order chi connectivity index (χ1) is 10.2. The molecular formula is C15H17ClN2O2S. The molecule has 2 N–H and O–H groups in total. The zero-order valence-corrected chi connectivity index (χ0v) is 13.2. The van der Waals surface area contributed by atoms with E-state index in [0.717, 1.165) is 17.0 Å². The predicted molar refractivity (Wildman–Crippen MR) is 85.8 cm³/mol. The molecular weight excluding hydrogens is 308 g/mol. The van der Waals surface area contributed by atoms with Crippen molar-refractivity contribution in [3.63, 3.8) is 0 Å². The van der Waals surface area contributed by atoms with Crippen molar-refractivity contribution < 1.29 is 9.90 Å². The summed E-state index contributed by atoms with van der Waals surface area (Å²) in [7, 11) is 0. The van der Waals surface area contributed by atoms with E-state index in [0.29, 0.717) is 17.1 Å². The molecule has 0 bridgehead atoms. The minimum absolute atomic E-state index is 0.0343. The molecule has 0 fully saturated rings. The second-order valence-electron chi connectivity index (χ2n) is 4.61. The topological polar surface area (TPSA) is 62.2 Å². The van der Waals surface area contributed by atoms with E-state index >= 15 is 0 Å². The van der Waals surface area contributed by atoms with Crippen molar-refractivity contribution in [2.24, 2.45) is 0 Å². The van der Waals surface area contributed by atoms with Crippen molar-refractivity contribution in [2.75, 3.05) is 6.61 Å². The van der Waals surface area contributed by atoms with E-state index in [-0.39, 0.29) is 18.6 Å². The number of nitrogens with one attached hydrogen (secondary N) is 1. The third-order valence-electron chi connectivity index (χ3n) is 3.15. The van der Waals surface area contributed by atoms with Crippen LogP contribution in [-0.4, -0.2) is 28.6 Å². The molecule has 0 spiro atoms. The Hall–Kier alpha value is -1.43. The number of hydrogen-bond acceptors (Lipinski definition) is 4. The maximum atomic E-state index is 12.1. The molecule has 112 valence electrons. The zero-order valence-electron chi connectivity index (χ0n) is 11.7. The molecule has 0 radical (unpaired) electrons. The summed E-state index contributed by atoms with van der Waals surface area (Å²) in [6.07, 6.45) is 1.32. The zero-order chi connectivity index (χ0) is 15.2. The van der Waals surface area contributed by atoms with Crippen LogP contribution >= 0.6 is 22.9 Å². The molecule has 2 rings (SSSR count). The number of carbonyl (C=O) groups is 1. The standard InChI is InChI=1S/C15H17ClN2O2S/c1-2-10(7-8-19)17-14(20)13-9-21-15(18-13)11-5-3-4-6-12(11)16/h3-6,9-10,19H,2,7-8H2,1H3,(H,17,20). The van der Waals surface area contributed by atoms with Crippen molar-refractivity contribution in [1.29, 1.82) is 0 Å². The Balaban J connectivity index is 2.13. The Bertz CT molecular complexity index is 615. The highest BCUT2D eigenvalue weighted by molar-refractivity contribution is 7.13. The van der Waals surface area contributed by atoms with Gasteiger partial charge in [0.25, 0.3) is 5.91 Å². The van der Waals surface area contributed by atoms with Gasteiger partial charge >= 0.3 is 0 Å². The summed E-state index contributed by atoms with van der Waals surface area (Å²) >= 11 is 7.52. The molecule has 1 atom stereocenters. The lowest BCUT2D eigenvalue weighted by molar-refractivity contribution is 0.0925. The number of hydrogen-bond donors (Lipinski definition) is 2. The number of rotatable bonds is 6. The number of thiazole rings is 1. The maximum absolute atomic E-state index is 12.1. The molecule has 2 aromatic rings. The molecule has 1 aromatic heterocycles. The highest BCUT2D eigenvalue weighted by Crippen LogP contribution is 2.30. The Morgan fingerprint density at radius 1 is 1.48 bits per heavy atom. The number of aliphatic hydroxyl groups is 1. The largest absolute Gasteiger partial charge is 0.396 e. The van der Waals surface area contributed by atoms with Crippen LogP contribution in [0.1, 0.15) is 30.3 Å². The molecule has 0 saturated carbocycles. The molecule has 0 saturated heterocycles. The molecule has 0 aliphatic rings. The van der Waals surface area contributed by atoms with E-state index in [2.05, 4.69) is 10.3 Å². The van der Waals surface area contributed by atoms with Crippen LogP contribution in [0.2, 0.25) is 5.02 Å². The van der Waals surface area contributed by atoms with Crippen molar-refractivity contribution in [1.82, 2.24) is 10.3 Å². The quantitative estimate of drug-likeness (QED) is 0.856. The number of amides is 1. The minimum atomic E-state index is -0.218. The van der Waals surface area contributed by atoms with Crippen LogP contribution < -0.4 is 5.32 Å². The molecule has 6 heteroatoms. The van der Waals surface area contributed by atoms with Gasteiger partial charge in [-0.05, 0) is 18.9 Å². The fourth-order valence-corrected chi connectivity index (χ4v) is 3.05. The molecule has 1 aromatic carbocycles. The average Bonchev–Trinajstić information content (AvgIpc) is 2.97. The van der Waals surface area contributed by atoms with Crippen LogP contribution in [0.15, 0.2) is 29.6 Å². The Morgan fingerprint density at radius 3 is 2.90 bits per heavy atom. The monoisotopic (exact) mass is 324 g/mol. The Kier molecular flexibility index (Phi) is 5.73. The molecule has 1 unspecified atom stereocenters. The van der Waals surface area contributed by atoms with Crippen LogP contribution in [0, 0.1) is 0 Å². The van der Waals surface area contributed by atoms with E-state index in [4.69, 9.17) is 16.7 Å². The number of halogens is 1. The van der Waals surface area contributed by atoms with Gasteiger partial charge in [0.2, 0.25) is 0 Å². The molecule has 21 heavy (non-hydrogen) atoms. The van der Waals surface area contributed by atoms with Gasteiger partial charge in [0, 0.05) is 23.6 Å². The van der Waals surface area contributed by atoms with Gasteiger partial charge in [0.1, 0.15) is 10.7 Å². The van der Waals surface area contributed by atoms with E-state index in [1.54, 1.807) is 11.4 Å². The van der Waals surface area contributed by atoms with E-state index in [1.807, 2.05) is 25.1 Å². The predicted octanol–water partition coefficient (Wildman–Crippen LogP) is 3.35. The fourth-order valence-electron chi connectivity index (χ4n) is 1.93. The lowest BCUT2D eigenvalue weighted by atomic mass is 10.1. The number of aliphatic hydroxyl groups excluding tert-OH is 1. The van der Waals surface area contributed by atoms with Gasteiger partial charge in [0.15, 0.2) is 0 Å². The van der Waals surface area contributed by atoms with Crippen molar-refractivity contribution in [2.45, 2.75) is 25.8 Å². The van der Waals surface area contributed by atoms with Gasteiger partial charge in [-0.25, -0.2) is 4.98 Å². The first-order valence-electron chi connectivity index (χ1n) is 6.77. The van der Waals surface area contributed by atoms with Gasteiger partial charge in [0.05, 0.1) is 5.02 Å². The van der Waals surface area contributed by atoms with Crippen LogP contribution in [0.25, 0.3) is 10.6 Å². The van der Waals surface area contributed by atoms with Gasteiger partial charge in [-0.3, -0.25) is 4.79 Å². The summed E-state index contributed by atoms with van der Waals surface area (Å²) in [5, 5.41) is 14.9. The van der Waals surface area contributed by atoms with Crippen LogP contribution in [0.3, 0.4) is 0 Å². The normalized spacial score (nSPS) is 12.1. The van der Waals surface area contributed by atoms with Gasteiger partial charge in [-0.15, -0.1) is 11.3 Å². The number of aromatic nitrogens is 1. The first-order valence-corrected chi connectivity index (χ1v) is 8.03. The molecule has 0 aliphatic carbocycles. The summed E-state index contributed by atoms with van der Waals surface area (Å²) < 4.78 is 0. The first kappa shape index (κ1) is 15.9. The number of benzene rings is 1. The van der Waals surface area contributed by atoms with Gasteiger partial charge < -0.3 is 10.4 Å². The maximum Gasteiger partial charge on any atom is 0.270 e. The van der Waals surface area contributed by atoms with E-state index < -0.39 is 0 Å². The molecule has 1 heterocycles. The summed E-state index contributed by atoms with van der Waals surface area (Å²) in [6.45, 7) is 2.03. The fraction of sp³-hybridized carbons (Fsp3) is 0.333. The highest BCUT2D eigenvalue weighted by Gasteiger charge is 2.16. The second-order valence-corrected chi connectivity index (χ2v) is 5.87. The lowest BCUT2D eigenvalue weighted by Gasteiger charge is -2.14. The van der Waals surface area contributed by atoms with E-state index in [9.17, 15) is 4.79 Å². The highest BCUT2D eigenvalue weighted by atomic mass is 35.5. The van der Waals surface area contributed by atoms with Crippen molar-refractivity contribution in [3.05, 3.63) is 40.4 Å². The van der Waals surface area contributed by atoms with Gasteiger partial charge in [-0.1, -0.05) is 36.7 Å². The minimum Gasteiger partial charge on any atom is -0.396 e. The van der Waals surface area contributed by atoms with Crippen molar-refractivity contribution in [3.8, 4) is 10.6 Å². The van der Waals surface area contributed by atoms with Crippen LogP contribution in [0.4, 0.5) is 0 Å². The number of nitrogens with zero attached hydrogens (tertiary/aromatic N) is 1.